The Hall–Kier alpha value is -4.94. The largest absolute Gasteiger partial charge is 0.443 e. The van der Waals surface area contributed by atoms with Crippen LogP contribution in [0.5, 0.6) is 0 Å². The lowest BCUT2D eigenvalue weighted by molar-refractivity contribution is -0.137. The number of carbonyl (C=O) groups excluding carboxylic acids is 1. The van der Waals surface area contributed by atoms with Crippen molar-refractivity contribution in [1.82, 2.24) is 19.6 Å². The third-order valence-corrected chi connectivity index (χ3v) is 5.21. The van der Waals surface area contributed by atoms with E-state index in [4.69, 9.17) is 10.2 Å². The van der Waals surface area contributed by atoms with Gasteiger partial charge in [0.05, 0.1) is 11.8 Å². The van der Waals surface area contributed by atoms with Crippen LogP contribution in [0.4, 0.5) is 39.5 Å². The Morgan fingerprint density at radius 2 is 1.81 bits per heavy atom. The molecule has 0 aliphatic carbocycles. The van der Waals surface area contributed by atoms with Gasteiger partial charge in [-0.1, -0.05) is 12.1 Å². The molecule has 5 aromatic rings. The van der Waals surface area contributed by atoms with Crippen molar-refractivity contribution in [2.45, 2.75) is 6.18 Å². The van der Waals surface area contributed by atoms with Crippen LogP contribution in [0.1, 0.15) is 5.56 Å². The fourth-order valence-electron chi connectivity index (χ4n) is 3.70. The predicted molar refractivity (Wildman–Crippen MR) is 122 cm³/mol. The first kappa shape index (κ1) is 22.8. The van der Waals surface area contributed by atoms with Gasteiger partial charge in [-0.2, -0.15) is 18.3 Å². The Kier molecular flexibility index (Phi) is 5.51. The number of urea groups is 1. The molecule has 36 heavy (non-hydrogen) atoms. The lowest BCUT2D eigenvalue weighted by Crippen LogP contribution is -2.20. The number of anilines is 3. The van der Waals surface area contributed by atoms with Crippen molar-refractivity contribution >= 4 is 28.7 Å². The van der Waals surface area contributed by atoms with Crippen LogP contribution < -0.4 is 16.4 Å². The summed E-state index contributed by atoms with van der Waals surface area (Å²) in [5.74, 6) is -0.416. The van der Waals surface area contributed by atoms with Gasteiger partial charge in [0.1, 0.15) is 17.7 Å². The fourth-order valence-corrected chi connectivity index (χ4v) is 3.70. The van der Waals surface area contributed by atoms with Gasteiger partial charge >= 0.3 is 12.2 Å². The van der Waals surface area contributed by atoms with E-state index in [-0.39, 0.29) is 11.5 Å². The molecule has 3 aromatic heterocycles. The maximum atomic E-state index is 13.6. The highest BCUT2D eigenvalue weighted by Gasteiger charge is 2.31. The second-order valence-corrected chi connectivity index (χ2v) is 7.60. The van der Waals surface area contributed by atoms with Crippen LogP contribution in [-0.4, -0.2) is 25.6 Å². The Morgan fingerprint density at radius 1 is 1.06 bits per heavy atom. The molecule has 0 aliphatic heterocycles. The SMILES string of the molecule is Nc1ncnn2cc(-c3cnco3)c(-c3ccc(NC(=O)Nc4cc(F)cc(C(F)(F)F)c4)cc3)c12. The van der Waals surface area contributed by atoms with Crippen LogP contribution in [-0.2, 0) is 6.18 Å². The van der Waals surface area contributed by atoms with Crippen LogP contribution in [0, 0.1) is 5.82 Å². The number of nitrogens with one attached hydrogen (secondary N) is 2. The molecule has 2 amide bonds. The maximum Gasteiger partial charge on any atom is 0.416 e. The summed E-state index contributed by atoms with van der Waals surface area (Å²) >= 11 is 0. The number of amides is 2. The number of halogens is 4. The third-order valence-electron chi connectivity index (χ3n) is 5.21. The van der Waals surface area contributed by atoms with Gasteiger partial charge in [0, 0.05) is 28.7 Å². The minimum absolute atomic E-state index is 0.237. The van der Waals surface area contributed by atoms with Gasteiger partial charge in [0.15, 0.2) is 18.0 Å². The summed E-state index contributed by atoms with van der Waals surface area (Å²) in [6.45, 7) is 0. The number of aromatic nitrogens is 4. The van der Waals surface area contributed by atoms with E-state index in [1.807, 2.05) is 0 Å². The molecular weight excluding hydrogens is 482 g/mol. The van der Waals surface area contributed by atoms with Gasteiger partial charge in [-0.05, 0) is 35.9 Å². The van der Waals surface area contributed by atoms with E-state index in [0.717, 1.165) is 6.07 Å². The number of nitrogen functional groups attached to an aromatic ring is 1. The molecule has 0 spiro atoms. The molecule has 9 nitrogen and oxygen atoms in total. The fraction of sp³-hybridized carbons (Fsp3) is 0.0435. The van der Waals surface area contributed by atoms with Crippen molar-refractivity contribution in [3.05, 3.63) is 79.0 Å². The second kappa shape index (κ2) is 8.69. The van der Waals surface area contributed by atoms with E-state index in [1.165, 1.54) is 12.7 Å². The molecule has 182 valence electrons. The summed E-state index contributed by atoms with van der Waals surface area (Å²) < 4.78 is 59.3. The van der Waals surface area contributed by atoms with Gasteiger partial charge in [-0.25, -0.2) is 23.7 Å². The van der Waals surface area contributed by atoms with Gasteiger partial charge < -0.3 is 20.8 Å². The van der Waals surface area contributed by atoms with Crippen LogP contribution in [0.2, 0.25) is 0 Å². The Labute approximate surface area is 199 Å². The Morgan fingerprint density at radius 3 is 2.50 bits per heavy atom. The van der Waals surface area contributed by atoms with Crippen molar-refractivity contribution in [2.75, 3.05) is 16.4 Å². The monoisotopic (exact) mass is 497 g/mol. The summed E-state index contributed by atoms with van der Waals surface area (Å²) in [4.78, 5) is 20.3. The minimum atomic E-state index is -4.76. The maximum absolute atomic E-state index is 13.6. The average Bonchev–Trinajstić information content (AvgIpc) is 3.47. The Balaban J connectivity index is 1.41. The quantitative estimate of drug-likeness (QED) is 0.284. The van der Waals surface area contributed by atoms with Crippen LogP contribution in [0.3, 0.4) is 0 Å². The van der Waals surface area contributed by atoms with E-state index in [0.29, 0.717) is 45.8 Å². The molecule has 2 aromatic carbocycles. The number of rotatable bonds is 4. The smallest absolute Gasteiger partial charge is 0.416 e. The van der Waals surface area contributed by atoms with Gasteiger partial charge in [-0.15, -0.1) is 0 Å². The summed E-state index contributed by atoms with van der Waals surface area (Å²) in [6, 6.07) is 7.47. The number of hydrogen-bond acceptors (Lipinski definition) is 6. The second-order valence-electron chi connectivity index (χ2n) is 7.60. The van der Waals surface area contributed by atoms with Crippen molar-refractivity contribution in [1.29, 1.82) is 0 Å². The zero-order valence-electron chi connectivity index (χ0n) is 18.0. The first-order chi connectivity index (χ1) is 17.2. The lowest BCUT2D eigenvalue weighted by Gasteiger charge is -2.12. The van der Waals surface area contributed by atoms with Crippen molar-refractivity contribution in [2.24, 2.45) is 0 Å². The molecule has 13 heteroatoms. The molecule has 4 N–H and O–H groups in total. The molecule has 0 radical (unpaired) electrons. The summed E-state index contributed by atoms with van der Waals surface area (Å²) in [7, 11) is 0. The van der Waals surface area contributed by atoms with Gasteiger partial charge in [0.2, 0.25) is 0 Å². The number of fused-ring (bicyclic) bond motifs is 1. The van der Waals surface area contributed by atoms with E-state index in [2.05, 4.69) is 25.7 Å². The highest BCUT2D eigenvalue weighted by atomic mass is 19.4. The zero-order chi connectivity index (χ0) is 25.4. The predicted octanol–water partition coefficient (Wildman–Crippen LogP) is 5.44. The zero-order valence-corrected chi connectivity index (χ0v) is 18.0. The molecule has 0 unspecified atom stereocenters. The standard InChI is InChI=1S/C23H15F4N7O2/c24-14-5-13(23(25,26)27)6-16(7-14)33-22(35)32-15-3-1-12(2-4-15)19-17(18-8-29-11-36-18)9-34-20(19)21(28)30-10-31-34/h1-11H,(H2,28,30,31)(H2,32,33,35). The number of alkyl halides is 3. The minimum Gasteiger partial charge on any atom is -0.443 e. The van der Waals surface area contributed by atoms with Crippen LogP contribution in [0.15, 0.2) is 72.0 Å². The number of hydrogen-bond donors (Lipinski definition) is 3. The van der Waals surface area contributed by atoms with Crippen molar-refractivity contribution in [3.8, 4) is 22.5 Å². The summed E-state index contributed by atoms with van der Waals surface area (Å²) in [6.07, 6.45) is 1.11. The number of nitrogens with two attached hydrogens (primary N) is 1. The molecule has 0 saturated heterocycles. The van der Waals surface area contributed by atoms with E-state index in [9.17, 15) is 22.4 Å². The number of benzene rings is 2. The normalized spacial score (nSPS) is 11.6. The van der Waals surface area contributed by atoms with Crippen LogP contribution >= 0.6 is 0 Å². The van der Waals surface area contributed by atoms with Crippen molar-refractivity contribution in [3.63, 3.8) is 0 Å². The average molecular weight is 497 g/mol. The number of nitrogens with zero attached hydrogens (tertiary/aromatic N) is 4. The van der Waals surface area contributed by atoms with Crippen molar-refractivity contribution < 1.29 is 26.8 Å². The Bertz CT molecular complexity index is 1560. The van der Waals surface area contributed by atoms with E-state index >= 15 is 0 Å². The topological polar surface area (TPSA) is 123 Å². The first-order valence-corrected chi connectivity index (χ1v) is 10.3. The molecule has 0 bridgehead atoms. The third kappa shape index (κ3) is 4.41. The summed E-state index contributed by atoms with van der Waals surface area (Å²) in [5, 5.41) is 8.88. The molecule has 0 atom stereocenters. The van der Waals surface area contributed by atoms with Gasteiger partial charge in [-0.3, -0.25) is 0 Å². The molecule has 3 heterocycles. The van der Waals surface area contributed by atoms with Gasteiger partial charge in [0.25, 0.3) is 0 Å². The number of oxazole rings is 1. The lowest BCUT2D eigenvalue weighted by atomic mass is 10.0. The molecule has 0 saturated carbocycles. The summed E-state index contributed by atoms with van der Waals surface area (Å²) in [5.41, 5.74) is 7.42. The molecule has 0 aliphatic rings. The van der Waals surface area contributed by atoms with E-state index in [1.54, 1.807) is 41.2 Å². The highest BCUT2D eigenvalue weighted by molar-refractivity contribution is 6.01. The van der Waals surface area contributed by atoms with Crippen LogP contribution in [0.25, 0.3) is 28.0 Å². The number of carbonyl (C=O) groups is 1. The molecule has 5 rings (SSSR count). The highest BCUT2D eigenvalue weighted by Crippen LogP contribution is 2.38. The van der Waals surface area contributed by atoms with E-state index < -0.39 is 23.6 Å². The molecular formula is C23H15F4N7O2. The molecule has 0 fully saturated rings. The first-order valence-electron chi connectivity index (χ1n) is 10.3.